The molecule has 88 valence electrons. The lowest BCUT2D eigenvalue weighted by atomic mass is 10.2. The molecule has 0 spiro atoms. The maximum absolute atomic E-state index is 11.9. The lowest BCUT2D eigenvalue weighted by Crippen LogP contribution is -2.12. The van der Waals surface area contributed by atoms with Gasteiger partial charge in [0.15, 0.2) is 0 Å². The summed E-state index contributed by atoms with van der Waals surface area (Å²) in [5.41, 5.74) is 2.16. The van der Waals surface area contributed by atoms with Gasteiger partial charge in [0, 0.05) is 0 Å². The number of carbonyl (C=O) groups is 1. The van der Waals surface area contributed by atoms with Crippen molar-refractivity contribution >= 4 is 23.2 Å². The zero-order valence-electron chi connectivity index (χ0n) is 9.58. The molecule has 1 heterocycles. The molecule has 0 aliphatic heterocycles. The third-order valence-corrected chi connectivity index (χ3v) is 2.79. The molecule has 2 aromatic rings. The van der Waals surface area contributed by atoms with Crippen molar-refractivity contribution in [2.75, 3.05) is 5.32 Å². The molecule has 0 aliphatic carbocycles. The van der Waals surface area contributed by atoms with Crippen LogP contribution in [0.15, 0.2) is 34.9 Å². The minimum Gasteiger partial charge on any atom is -0.469 e. The van der Waals surface area contributed by atoms with Gasteiger partial charge in [-0.05, 0) is 37.6 Å². The zero-order valence-corrected chi connectivity index (χ0v) is 10.3. The lowest BCUT2D eigenvalue weighted by molar-refractivity contribution is 0.102. The number of nitrogens with one attached hydrogen (secondary N) is 1. The SMILES string of the molecule is Cc1ccc(NC(=O)c2ccoc2C)c(Cl)c1. The molecule has 4 heteroatoms. The second-order valence-electron chi connectivity index (χ2n) is 3.83. The molecule has 0 radical (unpaired) electrons. The molecular weight excluding hydrogens is 238 g/mol. The Kier molecular flexibility index (Phi) is 3.20. The fourth-order valence-corrected chi connectivity index (χ4v) is 1.81. The van der Waals surface area contributed by atoms with Gasteiger partial charge in [0.2, 0.25) is 0 Å². The van der Waals surface area contributed by atoms with Crippen LogP contribution in [0.25, 0.3) is 0 Å². The standard InChI is InChI=1S/C13H12ClNO2/c1-8-3-4-12(11(14)7-8)15-13(16)10-5-6-17-9(10)2/h3-7H,1-2H3,(H,15,16). The number of rotatable bonds is 2. The number of furan rings is 1. The summed E-state index contributed by atoms with van der Waals surface area (Å²) in [5, 5.41) is 3.28. The predicted octanol–water partition coefficient (Wildman–Crippen LogP) is 3.80. The van der Waals surface area contributed by atoms with Gasteiger partial charge in [-0.1, -0.05) is 17.7 Å². The smallest absolute Gasteiger partial charge is 0.259 e. The Labute approximate surface area is 104 Å². The van der Waals surface area contributed by atoms with Gasteiger partial charge in [0.1, 0.15) is 5.76 Å². The molecule has 17 heavy (non-hydrogen) atoms. The highest BCUT2D eigenvalue weighted by molar-refractivity contribution is 6.34. The van der Waals surface area contributed by atoms with E-state index < -0.39 is 0 Å². The molecule has 0 saturated carbocycles. The summed E-state index contributed by atoms with van der Waals surface area (Å²) in [5.74, 6) is 0.368. The summed E-state index contributed by atoms with van der Waals surface area (Å²) in [6.07, 6.45) is 1.49. The summed E-state index contributed by atoms with van der Waals surface area (Å²) in [6, 6.07) is 7.11. The highest BCUT2D eigenvalue weighted by atomic mass is 35.5. The van der Waals surface area contributed by atoms with Crippen LogP contribution in [-0.2, 0) is 0 Å². The number of hydrogen-bond donors (Lipinski definition) is 1. The van der Waals surface area contributed by atoms with Gasteiger partial charge in [-0.2, -0.15) is 0 Å². The van der Waals surface area contributed by atoms with Gasteiger partial charge >= 0.3 is 0 Å². The topological polar surface area (TPSA) is 42.2 Å². The minimum atomic E-state index is -0.220. The third kappa shape index (κ3) is 2.50. The molecule has 2 rings (SSSR count). The summed E-state index contributed by atoms with van der Waals surface area (Å²) in [7, 11) is 0. The van der Waals surface area contributed by atoms with E-state index in [0.717, 1.165) is 5.56 Å². The summed E-state index contributed by atoms with van der Waals surface area (Å²) in [6.45, 7) is 3.68. The number of aryl methyl sites for hydroxylation is 2. The van der Waals surface area contributed by atoms with Crippen molar-refractivity contribution in [3.63, 3.8) is 0 Å². The van der Waals surface area contributed by atoms with Gasteiger partial charge in [-0.15, -0.1) is 0 Å². The van der Waals surface area contributed by atoms with Crippen LogP contribution in [0.3, 0.4) is 0 Å². The molecule has 3 nitrogen and oxygen atoms in total. The summed E-state index contributed by atoms with van der Waals surface area (Å²) >= 11 is 6.04. The number of carbonyl (C=O) groups excluding carboxylic acids is 1. The van der Waals surface area contributed by atoms with Crippen molar-refractivity contribution in [3.05, 3.63) is 52.4 Å². The van der Waals surface area contributed by atoms with Crippen LogP contribution >= 0.6 is 11.6 Å². The highest BCUT2D eigenvalue weighted by Gasteiger charge is 2.12. The second kappa shape index (κ2) is 4.63. The fraction of sp³-hybridized carbons (Fsp3) is 0.154. The first kappa shape index (κ1) is 11.7. The molecular formula is C13H12ClNO2. The largest absolute Gasteiger partial charge is 0.469 e. The molecule has 0 unspecified atom stereocenters. The first-order valence-electron chi connectivity index (χ1n) is 5.19. The normalized spacial score (nSPS) is 10.3. The Balaban J connectivity index is 2.22. The Bertz CT molecular complexity index is 560. The summed E-state index contributed by atoms with van der Waals surface area (Å²) in [4.78, 5) is 11.9. The number of hydrogen-bond acceptors (Lipinski definition) is 2. The van der Waals surface area contributed by atoms with Gasteiger partial charge < -0.3 is 9.73 Å². The van der Waals surface area contributed by atoms with Crippen LogP contribution in [0, 0.1) is 13.8 Å². The van der Waals surface area contributed by atoms with Crippen molar-refractivity contribution in [1.82, 2.24) is 0 Å². The van der Waals surface area contributed by atoms with Gasteiger partial charge in [-0.3, -0.25) is 4.79 Å². The third-order valence-electron chi connectivity index (χ3n) is 2.48. The Morgan fingerprint density at radius 3 is 2.65 bits per heavy atom. The summed E-state index contributed by atoms with van der Waals surface area (Å²) < 4.78 is 5.08. The van der Waals surface area contributed by atoms with Crippen LogP contribution < -0.4 is 5.32 Å². The Morgan fingerprint density at radius 1 is 1.29 bits per heavy atom. The molecule has 0 bridgehead atoms. The number of amides is 1. The molecule has 0 atom stereocenters. The molecule has 1 aromatic carbocycles. The highest BCUT2D eigenvalue weighted by Crippen LogP contribution is 2.23. The van der Waals surface area contributed by atoms with Gasteiger partial charge in [0.05, 0.1) is 22.5 Å². The van der Waals surface area contributed by atoms with E-state index in [1.807, 2.05) is 13.0 Å². The predicted molar refractivity (Wildman–Crippen MR) is 67.6 cm³/mol. The monoisotopic (exact) mass is 249 g/mol. The average Bonchev–Trinajstić information content (AvgIpc) is 2.68. The van der Waals surface area contributed by atoms with Crippen molar-refractivity contribution in [2.45, 2.75) is 13.8 Å². The van der Waals surface area contributed by atoms with E-state index in [0.29, 0.717) is 22.0 Å². The van der Waals surface area contributed by atoms with Crippen molar-refractivity contribution in [2.24, 2.45) is 0 Å². The molecule has 1 amide bonds. The quantitative estimate of drug-likeness (QED) is 0.880. The van der Waals surface area contributed by atoms with E-state index in [9.17, 15) is 4.79 Å². The first-order chi connectivity index (χ1) is 8.08. The van der Waals surface area contributed by atoms with Crippen molar-refractivity contribution < 1.29 is 9.21 Å². The second-order valence-corrected chi connectivity index (χ2v) is 4.24. The van der Waals surface area contributed by atoms with E-state index in [4.69, 9.17) is 16.0 Å². The molecule has 0 fully saturated rings. The fourth-order valence-electron chi connectivity index (χ4n) is 1.53. The van der Waals surface area contributed by atoms with Crippen LogP contribution in [0.5, 0.6) is 0 Å². The number of halogens is 1. The van der Waals surface area contributed by atoms with E-state index in [2.05, 4.69) is 5.32 Å². The van der Waals surface area contributed by atoms with E-state index in [1.54, 1.807) is 25.1 Å². The maximum Gasteiger partial charge on any atom is 0.259 e. The van der Waals surface area contributed by atoms with Crippen LogP contribution in [0.4, 0.5) is 5.69 Å². The zero-order chi connectivity index (χ0) is 12.4. The van der Waals surface area contributed by atoms with Gasteiger partial charge in [-0.25, -0.2) is 0 Å². The first-order valence-corrected chi connectivity index (χ1v) is 5.57. The lowest BCUT2D eigenvalue weighted by Gasteiger charge is -2.07. The van der Waals surface area contributed by atoms with Crippen molar-refractivity contribution in [1.29, 1.82) is 0 Å². The van der Waals surface area contributed by atoms with E-state index >= 15 is 0 Å². The van der Waals surface area contributed by atoms with Crippen LogP contribution in [0.2, 0.25) is 5.02 Å². The molecule has 0 saturated heterocycles. The minimum absolute atomic E-state index is 0.220. The van der Waals surface area contributed by atoms with Crippen molar-refractivity contribution in [3.8, 4) is 0 Å². The Hall–Kier alpha value is -1.74. The van der Waals surface area contributed by atoms with Crippen LogP contribution in [-0.4, -0.2) is 5.91 Å². The maximum atomic E-state index is 11.9. The van der Waals surface area contributed by atoms with E-state index in [-0.39, 0.29) is 5.91 Å². The molecule has 1 N–H and O–H groups in total. The number of anilines is 1. The number of benzene rings is 1. The Morgan fingerprint density at radius 2 is 2.06 bits per heavy atom. The van der Waals surface area contributed by atoms with Gasteiger partial charge in [0.25, 0.3) is 5.91 Å². The van der Waals surface area contributed by atoms with Crippen LogP contribution in [0.1, 0.15) is 21.7 Å². The van der Waals surface area contributed by atoms with E-state index in [1.165, 1.54) is 6.26 Å². The molecule has 1 aromatic heterocycles. The molecule has 0 aliphatic rings. The average molecular weight is 250 g/mol.